The van der Waals surface area contributed by atoms with Crippen LogP contribution in [0.2, 0.25) is 0 Å². The van der Waals surface area contributed by atoms with Gasteiger partial charge in [-0.15, -0.1) is 0 Å². The van der Waals surface area contributed by atoms with Crippen LogP contribution < -0.4 is 5.32 Å². The minimum absolute atomic E-state index is 0.313. The van der Waals surface area contributed by atoms with Crippen molar-refractivity contribution in [1.82, 2.24) is 5.32 Å². The minimum atomic E-state index is -0.313. The Hall–Kier alpha value is -1.57. The van der Waals surface area contributed by atoms with Gasteiger partial charge in [-0.3, -0.25) is 4.99 Å². The second-order valence-electron chi connectivity index (χ2n) is 4.41. The Morgan fingerprint density at radius 3 is 2.44 bits per heavy atom. The van der Waals surface area contributed by atoms with Gasteiger partial charge in [0.15, 0.2) is 5.66 Å². The highest BCUT2D eigenvalue weighted by Crippen LogP contribution is 2.25. The SMILES string of the molecule is CCC1=CNC(C)(c2ccc(C)cc2)N=C1. The first-order chi connectivity index (χ1) is 7.64. The molecular formula is C14H18N2. The van der Waals surface area contributed by atoms with E-state index in [-0.39, 0.29) is 5.66 Å². The Morgan fingerprint density at radius 1 is 1.25 bits per heavy atom. The summed E-state index contributed by atoms with van der Waals surface area (Å²) < 4.78 is 0. The molecule has 1 aliphatic rings. The zero-order chi connectivity index (χ0) is 11.6. The second-order valence-corrected chi connectivity index (χ2v) is 4.41. The van der Waals surface area contributed by atoms with Crippen LogP contribution in [0, 0.1) is 6.92 Å². The number of benzene rings is 1. The van der Waals surface area contributed by atoms with E-state index in [1.165, 1.54) is 16.7 Å². The van der Waals surface area contributed by atoms with Crippen molar-refractivity contribution in [1.29, 1.82) is 0 Å². The molecule has 2 rings (SSSR count). The third kappa shape index (κ3) is 2.01. The number of hydrogen-bond acceptors (Lipinski definition) is 2. The fraction of sp³-hybridized carbons (Fsp3) is 0.357. The smallest absolute Gasteiger partial charge is 0.152 e. The fourth-order valence-electron chi connectivity index (χ4n) is 1.75. The molecule has 1 aromatic rings. The lowest BCUT2D eigenvalue weighted by atomic mass is 9.99. The van der Waals surface area contributed by atoms with Gasteiger partial charge in [0.05, 0.1) is 0 Å². The molecular weight excluding hydrogens is 196 g/mol. The van der Waals surface area contributed by atoms with E-state index < -0.39 is 0 Å². The molecule has 0 spiro atoms. The Bertz CT molecular complexity index is 429. The van der Waals surface area contributed by atoms with Gasteiger partial charge in [0, 0.05) is 12.4 Å². The van der Waals surface area contributed by atoms with Gasteiger partial charge in [-0.2, -0.15) is 0 Å². The monoisotopic (exact) mass is 214 g/mol. The standard InChI is InChI=1S/C14H18N2/c1-4-12-9-15-14(3,16-10-12)13-7-5-11(2)6-8-13/h5-10,15H,4H2,1-3H3. The quantitative estimate of drug-likeness (QED) is 0.803. The highest BCUT2D eigenvalue weighted by atomic mass is 15.1. The molecule has 84 valence electrons. The summed E-state index contributed by atoms with van der Waals surface area (Å²) in [7, 11) is 0. The zero-order valence-electron chi connectivity index (χ0n) is 10.1. The van der Waals surface area contributed by atoms with E-state index in [0.29, 0.717) is 0 Å². The van der Waals surface area contributed by atoms with Gasteiger partial charge in [-0.1, -0.05) is 36.8 Å². The summed E-state index contributed by atoms with van der Waals surface area (Å²) in [6, 6.07) is 8.50. The van der Waals surface area contributed by atoms with Crippen molar-refractivity contribution in [3.8, 4) is 0 Å². The van der Waals surface area contributed by atoms with Crippen molar-refractivity contribution in [3.63, 3.8) is 0 Å². The van der Waals surface area contributed by atoms with Crippen LogP contribution >= 0.6 is 0 Å². The summed E-state index contributed by atoms with van der Waals surface area (Å²) in [5, 5.41) is 3.37. The average Bonchev–Trinajstić information content (AvgIpc) is 2.31. The number of rotatable bonds is 2. The number of nitrogens with one attached hydrogen (secondary N) is 1. The number of aliphatic imine (C=N–C) groups is 1. The Morgan fingerprint density at radius 2 is 1.94 bits per heavy atom. The Kier molecular flexibility index (Phi) is 2.82. The van der Waals surface area contributed by atoms with E-state index in [1.54, 1.807) is 0 Å². The lowest BCUT2D eigenvalue weighted by molar-refractivity contribution is 0.436. The molecule has 1 N–H and O–H groups in total. The molecule has 0 aliphatic carbocycles. The average molecular weight is 214 g/mol. The molecule has 1 aliphatic heterocycles. The van der Waals surface area contributed by atoms with Gasteiger partial charge < -0.3 is 5.32 Å². The normalized spacial score (nSPS) is 23.8. The van der Waals surface area contributed by atoms with E-state index in [1.807, 2.05) is 6.21 Å². The first-order valence-electron chi connectivity index (χ1n) is 5.73. The number of nitrogens with zero attached hydrogens (tertiary/aromatic N) is 1. The van der Waals surface area contributed by atoms with Crippen molar-refractivity contribution in [2.75, 3.05) is 0 Å². The van der Waals surface area contributed by atoms with Gasteiger partial charge in [-0.05, 0) is 31.4 Å². The van der Waals surface area contributed by atoms with Gasteiger partial charge in [-0.25, -0.2) is 0 Å². The van der Waals surface area contributed by atoms with Crippen molar-refractivity contribution in [2.45, 2.75) is 32.9 Å². The maximum Gasteiger partial charge on any atom is 0.152 e. The van der Waals surface area contributed by atoms with Crippen molar-refractivity contribution < 1.29 is 0 Å². The first kappa shape index (κ1) is 10.9. The Labute approximate surface area is 97.1 Å². The van der Waals surface area contributed by atoms with Crippen molar-refractivity contribution in [3.05, 3.63) is 47.2 Å². The van der Waals surface area contributed by atoms with E-state index in [2.05, 4.69) is 61.5 Å². The molecule has 1 heterocycles. The van der Waals surface area contributed by atoms with Crippen LogP contribution in [-0.4, -0.2) is 6.21 Å². The maximum atomic E-state index is 4.61. The van der Waals surface area contributed by atoms with Crippen LogP contribution in [0.5, 0.6) is 0 Å². The molecule has 0 amide bonds. The summed E-state index contributed by atoms with van der Waals surface area (Å²) in [5.41, 5.74) is 3.40. The number of aryl methyl sites for hydroxylation is 1. The molecule has 1 atom stereocenters. The highest BCUT2D eigenvalue weighted by Gasteiger charge is 2.25. The van der Waals surface area contributed by atoms with Gasteiger partial charge in [0.25, 0.3) is 0 Å². The lowest BCUT2D eigenvalue weighted by Crippen LogP contribution is -2.36. The van der Waals surface area contributed by atoms with Crippen LogP contribution in [0.1, 0.15) is 31.4 Å². The van der Waals surface area contributed by atoms with E-state index in [9.17, 15) is 0 Å². The van der Waals surface area contributed by atoms with Crippen molar-refractivity contribution >= 4 is 6.21 Å². The predicted molar refractivity (Wildman–Crippen MR) is 68.5 cm³/mol. The van der Waals surface area contributed by atoms with Crippen molar-refractivity contribution in [2.24, 2.45) is 4.99 Å². The van der Waals surface area contributed by atoms with Crippen LogP contribution in [0.4, 0.5) is 0 Å². The third-order valence-electron chi connectivity index (χ3n) is 3.05. The van der Waals surface area contributed by atoms with Gasteiger partial charge in [0.1, 0.15) is 0 Å². The maximum absolute atomic E-state index is 4.61. The number of allylic oxidation sites excluding steroid dienone is 1. The largest absolute Gasteiger partial charge is 0.364 e. The van der Waals surface area contributed by atoms with Gasteiger partial charge in [0.2, 0.25) is 0 Å². The second kappa shape index (κ2) is 4.12. The Balaban J connectivity index is 2.26. The first-order valence-corrected chi connectivity index (χ1v) is 5.73. The summed E-state index contributed by atoms with van der Waals surface area (Å²) >= 11 is 0. The summed E-state index contributed by atoms with van der Waals surface area (Å²) in [4.78, 5) is 4.61. The van der Waals surface area contributed by atoms with E-state index in [4.69, 9.17) is 0 Å². The molecule has 16 heavy (non-hydrogen) atoms. The minimum Gasteiger partial charge on any atom is -0.364 e. The summed E-state index contributed by atoms with van der Waals surface area (Å²) in [6.45, 7) is 6.32. The molecule has 0 bridgehead atoms. The summed E-state index contributed by atoms with van der Waals surface area (Å²) in [5.74, 6) is 0. The molecule has 0 fully saturated rings. The lowest BCUT2D eigenvalue weighted by Gasteiger charge is -2.29. The van der Waals surface area contributed by atoms with Crippen LogP contribution in [-0.2, 0) is 5.66 Å². The molecule has 1 unspecified atom stereocenters. The molecule has 1 aromatic carbocycles. The van der Waals surface area contributed by atoms with E-state index >= 15 is 0 Å². The molecule has 2 heteroatoms. The molecule has 0 radical (unpaired) electrons. The third-order valence-corrected chi connectivity index (χ3v) is 3.05. The molecule has 0 saturated carbocycles. The molecule has 2 nitrogen and oxygen atoms in total. The highest BCUT2D eigenvalue weighted by molar-refractivity contribution is 5.79. The van der Waals surface area contributed by atoms with Gasteiger partial charge >= 0.3 is 0 Å². The van der Waals surface area contributed by atoms with Crippen LogP contribution in [0.15, 0.2) is 41.0 Å². The van der Waals surface area contributed by atoms with E-state index in [0.717, 1.165) is 6.42 Å². The summed E-state index contributed by atoms with van der Waals surface area (Å²) in [6.07, 6.45) is 5.05. The predicted octanol–water partition coefficient (Wildman–Crippen LogP) is 3.14. The topological polar surface area (TPSA) is 24.4 Å². The fourth-order valence-corrected chi connectivity index (χ4v) is 1.75. The zero-order valence-corrected chi connectivity index (χ0v) is 10.1. The van der Waals surface area contributed by atoms with Crippen LogP contribution in [0.25, 0.3) is 0 Å². The molecule has 0 saturated heterocycles. The van der Waals surface area contributed by atoms with Crippen LogP contribution in [0.3, 0.4) is 0 Å². The molecule has 0 aromatic heterocycles. The number of hydrogen-bond donors (Lipinski definition) is 1.